The highest BCUT2D eigenvalue weighted by atomic mass is 32.2. The van der Waals surface area contributed by atoms with Crippen molar-refractivity contribution in [2.45, 2.75) is 73.7 Å². The zero-order valence-electron chi connectivity index (χ0n) is 23.6. The van der Waals surface area contributed by atoms with Gasteiger partial charge in [-0.15, -0.1) is 0 Å². The molecule has 3 fully saturated rings. The van der Waals surface area contributed by atoms with E-state index in [4.69, 9.17) is 0 Å². The number of hydrogen-bond donors (Lipinski definition) is 3. The lowest BCUT2D eigenvalue weighted by molar-refractivity contribution is 0.0267. The molecular weight excluding hydrogens is 540 g/mol. The number of hydrogen-bond acceptors (Lipinski definition) is 9. The van der Waals surface area contributed by atoms with Crippen molar-refractivity contribution in [3.05, 3.63) is 52.9 Å². The molecule has 2 atom stereocenters. The van der Waals surface area contributed by atoms with Crippen LogP contribution in [0.5, 0.6) is 0 Å². The Bertz CT molecular complexity index is 1540. The van der Waals surface area contributed by atoms with Crippen LogP contribution in [0.25, 0.3) is 11.0 Å². The predicted octanol–water partition coefficient (Wildman–Crippen LogP) is 3.25. The number of nitrogens with one attached hydrogen (secondary N) is 2. The number of benzene rings is 1. The van der Waals surface area contributed by atoms with Crippen LogP contribution in [-0.2, 0) is 9.84 Å². The first kappa shape index (κ1) is 28.3. The highest BCUT2D eigenvalue weighted by molar-refractivity contribution is 7.92. The molecule has 11 heteroatoms. The van der Waals surface area contributed by atoms with E-state index in [2.05, 4.69) is 25.5 Å². The molecule has 6 rings (SSSR count). The Morgan fingerprint density at radius 2 is 1.78 bits per heavy atom. The first-order valence-corrected chi connectivity index (χ1v) is 16.4. The summed E-state index contributed by atoms with van der Waals surface area (Å²) in [4.78, 5) is 24.7. The van der Waals surface area contributed by atoms with Gasteiger partial charge < -0.3 is 20.6 Å². The van der Waals surface area contributed by atoms with Gasteiger partial charge in [-0.1, -0.05) is 0 Å². The molecule has 2 aromatic heterocycles. The fraction of sp³-hybridized carbons (Fsp3) is 0.567. The van der Waals surface area contributed by atoms with E-state index in [1.165, 1.54) is 18.9 Å². The Morgan fingerprint density at radius 1 is 1.05 bits per heavy atom. The van der Waals surface area contributed by atoms with E-state index in [0.717, 1.165) is 39.1 Å². The van der Waals surface area contributed by atoms with E-state index in [1.807, 2.05) is 0 Å². The average Bonchev–Trinajstić information content (AvgIpc) is 3.32. The lowest BCUT2D eigenvalue weighted by Crippen LogP contribution is -2.43. The van der Waals surface area contributed by atoms with Crippen LogP contribution in [0.15, 0.2) is 52.3 Å². The first-order chi connectivity index (χ1) is 19.7. The van der Waals surface area contributed by atoms with Crippen LogP contribution in [0.4, 0.5) is 11.6 Å². The van der Waals surface area contributed by atoms with E-state index >= 15 is 0 Å². The summed E-state index contributed by atoms with van der Waals surface area (Å²) in [5, 5.41) is 17.8. The van der Waals surface area contributed by atoms with E-state index in [9.17, 15) is 18.3 Å². The monoisotopic (exact) mass is 580 g/mol. The minimum absolute atomic E-state index is 0.207. The molecule has 0 radical (unpaired) electrons. The number of piperidine rings is 2. The Balaban J connectivity index is 1.14. The maximum atomic E-state index is 13.4. The van der Waals surface area contributed by atoms with Crippen LogP contribution >= 0.6 is 0 Å². The third kappa shape index (κ3) is 5.90. The minimum atomic E-state index is -3.43. The van der Waals surface area contributed by atoms with Crippen molar-refractivity contribution in [1.29, 1.82) is 0 Å². The van der Waals surface area contributed by atoms with Crippen molar-refractivity contribution < 1.29 is 13.5 Å². The van der Waals surface area contributed by atoms with Gasteiger partial charge in [-0.2, -0.15) is 4.98 Å². The zero-order chi connectivity index (χ0) is 28.6. The number of nitrogens with zero attached hydrogens (tertiary/aromatic N) is 4. The molecule has 3 N–H and O–H groups in total. The minimum Gasteiger partial charge on any atom is -0.388 e. The van der Waals surface area contributed by atoms with Crippen LogP contribution in [0, 0.1) is 5.92 Å². The third-order valence-electron chi connectivity index (χ3n) is 9.24. The highest BCUT2D eigenvalue weighted by Gasteiger charge is 2.39. The number of likely N-dealkylation sites (tertiary alicyclic amines) is 1. The quantitative estimate of drug-likeness (QED) is 0.386. The maximum absolute atomic E-state index is 13.4. The number of sulfone groups is 1. The second-order valence-corrected chi connectivity index (χ2v) is 14.4. The smallest absolute Gasteiger partial charge is 0.252 e. The Kier molecular flexibility index (Phi) is 7.88. The van der Waals surface area contributed by atoms with Crippen molar-refractivity contribution in [3.63, 3.8) is 0 Å². The van der Waals surface area contributed by atoms with Crippen molar-refractivity contribution in [1.82, 2.24) is 24.8 Å². The molecule has 0 unspecified atom stereocenters. The molecule has 220 valence electrons. The van der Waals surface area contributed by atoms with Gasteiger partial charge in [-0.05, 0) is 114 Å². The Morgan fingerprint density at radius 3 is 2.46 bits per heavy atom. The lowest BCUT2D eigenvalue weighted by Gasteiger charge is -2.35. The molecular formula is C30H40N6O4S. The number of aromatic nitrogens is 3. The van der Waals surface area contributed by atoms with Crippen LogP contribution in [0.2, 0.25) is 0 Å². The van der Waals surface area contributed by atoms with E-state index in [1.54, 1.807) is 48.0 Å². The fourth-order valence-electron chi connectivity index (χ4n) is 6.82. The second kappa shape index (κ2) is 11.4. The molecule has 3 aliphatic rings. The molecule has 1 saturated carbocycles. The predicted molar refractivity (Wildman–Crippen MR) is 159 cm³/mol. The van der Waals surface area contributed by atoms with Gasteiger partial charge in [0.05, 0.1) is 21.8 Å². The molecule has 1 aliphatic carbocycles. The molecule has 0 spiro atoms. The lowest BCUT2D eigenvalue weighted by atomic mass is 9.96. The number of pyridine rings is 1. The van der Waals surface area contributed by atoms with E-state index in [0.29, 0.717) is 59.2 Å². The average molecular weight is 581 g/mol. The highest BCUT2D eigenvalue weighted by Crippen LogP contribution is 2.39. The van der Waals surface area contributed by atoms with Crippen molar-refractivity contribution in [2.24, 2.45) is 5.92 Å². The number of rotatable bonds is 7. The number of aliphatic hydroxyl groups is 1. The molecule has 0 amide bonds. The first-order valence-electron chi connectivity index (χ1n) is 14.9. The van der Waals surface area contributed by atoms with Gasteiger partial charge in [0.2, 0.25) is 5.95 Å². The van der Waals surface area contributed by atoms with Gasteiger partial charge in [0, 0.05) is 29.9 Å². The second-order valence-electron chi connectivity index (χ2n) is 12.2. The van der Waals surface area contributed by atoms with Crippen LogP contribution in [-0.4, -0.2) is 76.5 Å². The number of fused-ring (bicyclic) bond motifs is 1. The zero-order valence-corrected chi connectivity index (χ0v) is 24.4. The van der Waals surface area contributed by atoms with Gasteiger partial charge in [0.25, 0.3) is 5.56 Å². The molecule has 3 aromatic rings. The Hall–Kier alpha value is -2.86. The van der Waals surface area contributed by atoms with Gasteiger partial charge in [0.1, 0.15) is 5.65 Å². The van der Waals surface area contributed by atoms with E-state index in [-0.39, 0.29) is 16.9 Å². The van der Waals surface area contributed by atoms with Gasteiger partial charge in [-0.3, -0.25) is 9.36 Å². The molecule has 0 bridgehead atoms. The summed E-state index contributed by atoms with van der Waals surface area (Å²) < 4.78 is 28.4. The molecule has 2 saturated heterocycles. The summed E-state index contributed by atoms with van der Waals surface area (Å²) in [6.07, 6.45) is 7.54. The molecule has 4 heterocycles. The molecule has 2 aliphatic heterocycles. The largest absolute Gasteiger partial charge is 0.388 e. The number of anilines is 2. The van der Waals surface area contributed by atoms with Gasteiger partial charge in [-0.25, -0.2) is 13.4 Å². The normalized spacial score (nSPS) is 25.1. The topological polar surface area (TPSA) is 129 Å². The molecule has 41 heavy (non-hydrogen) atoms. The van der Waals surface area contributed by atoms with Crippen LogP contribution in [0.1, 0.15) is 57.9 Å². The SMILES string of the molecule is C[C@]1(O)CCC[C@@H]1n1c(=O)ccc2cnc(Nc3ccc(S(=O)(=O)C4CCN(CC5CCNCC5)CC4)cc3)nc21. The van der Waals surface area contributed by atoms with Gasteiger partial charge in [0.15, 0.2) is 9.84 Å². The summed E-state index contributed by atoms with van der Waals surface area (Å²) in [7, 11) is -3.43. The third-order valence-corrected chi connectivity index (χ3v) is 11.5. The van der Waals surface area contributed by atoms with Gasteiger partial charge >= 0.3 is 0 Å². The van der Waals surface area contributed by atoms with E-state index < -0.39 is 15.4 Å². The summed E-state index contributed by atoms with van der Waals surface area (Å²) in [5.74, 6) is 1.01. The van der Waals surface area contributed by atoms with Crippen LogP contribution in [0.3, 0.4) is 0 Å². The summed E-state index contributed by atoms with van der Waals surface area (Å²) in [6.45, 7) is 6.66. The summed E-state index contributed by atoms with van der Waals surface area (Å²) >= 11 is 0. The summed E-state index contributed by atoms with van der Waals surface area (Å²) in [6, 6.07) is 9.57. The van der Waals surface area contributed by atoms with Crippen LogP contribution < -0.4 is 16.2 Å². The van der Waals surface area contributed by atoms with Crippen molar-refractivity contribution in [2.75, 3.05) is 38.0 Å². The fourth-order valence-corrected chi connectivity index (χ4v) is 8.55. The Labute approximate surface area is 241 Å². The maximum Gasteiger partial charge on any atom is 0.252 e. The molecule has 10 nitrogen and oxygen atoms in total. The molecule has 1 aromatic carbocycles. The summed E-state index contributed by atoms with van der Waals surface area (Å²) in [5.41, 5.74) is -0.0755. The standard InChI is InChI=1S/C30H40N6O4S/c1-30(38)14-2-3-26(30)36-27(37)9-4-22-19-32-29(34-28(22)36)33-23-5-7-24(8-6-23)41(39,40)25-12-17-35(18-13-25)20-21-10-15-31-16-11-21/h4-9,19,21,25-26,31,38H,2-3,10-18,20H2,1H3,(H,32,33,34)/t26-,30-/m0/s1. The van der Waals surface area contributed by atoms with Crippen molar-refractivity contribution >= 4 is 32.5 Å². The van der Waals surface area contributed by atoms with Crippen molar-refractivity contribution in [3.8, 4) is 0 Å².